The number of hydrogen-bond acceptors (Lipinski definition) is 2. The topological polar surface area (TPSA) is 32.3 Å². The van der Waals surface area contributed by atoms with Gasteiger partial charge in [-0.25, -0.2) is 0 Å². The molecule has 2 unspecified atom stereocenters. The van der Waals surface area contributed by atoms with Gasteiger partial charge in [0, 0.05) is 12.1 Å². The molecule has 1 aromatic carbocycles. The van der Waals surface area contributed by atoms with Crippen LogP contribution in [0.15, 0.2) is 24.3 Å². The fourth-order valence-corrected chi connectivity index (χ4v) is 1.99. The van der Waals surface area contributed by atoms with Crippen molar-refractivity contribution in [3.8, 4) is 5.75 Å². The molecule has 0 aliphatic carbocycles. The largest absolute Gasteiger partial charge is 0.508 e. The molecular weight excluding hydrogens is 198 g/mol. The van der Waals surface area contributed by atoms with E-state index in [1.165, 1.54) is 0 Å². The van der Waals surface area contributed by atoms with Gasteiger partial charge in [-0.2, -0.15) is 0 Å². The quantitative estimate of drug-likeness (QED) is 0.798. The first-order valence-electron chi connectivity index (χ1n) is 6.09. The Morgan fingerprint density at radius 2 is 1.94 bits per heavy atom. The molecule has 0 aliphatic rings. The highest BCUT2D eigenvalue weighted by molar-refractivity contribution is 5.29. The smallest absolute Gasteiger partial charge is 0.115 e. The average Bonchev–Trinajstić information content (AvgIpc) is 2.25. The Hall–Kier alpha value is -1.02. The van der Waals surface area contributed by atoms with Gasteiger partial charge in [-0.1, -0.05) is 32.9 Å². The molecule has 90 valence electrons. The lowest BCUT2D eigenvalue weighted by Gasteiger charge is -2.25. The summed E-state index contributed by atoms with van der Waals surface area (Å²) in [7, 11) is 0. The molecule has 0 amide bonds. The van der Waals surface area contributed by atoms with Crippen LogP contribution in [0.1, 0.15) is 45.7 Å². The van der Waals surface area contributed by atoms with Crippen LogP contribution < -0.4 is 5.32 Å². The van der Waals surface area contributed by atoms with Gasteiger partial charge >= 0.3 is 0 Å². The minimum absolute atomic E-state index is 0.277. The van der Waals surface area contributed by atoms with E-state index in [0.29, 0.717) is 17.7 Å². The number of benzene rings is 1. The molecule has 0 saturated heterocycles. The summed E-state index contributed by atoms with van der Waals surface area (Å²) >= 11 is 0. The zero-order chi connectivity index (χ0) is 12.1. The predicted molar refractivity (Wildman–Crippen MR) is 68.6 cm³/mol. The van der Waals surface area contributed by atoms with E-state index in [2.05, 4.69) is 33.0 Å². The summed E-state index contributed by atoms with van der Waals surface area (Å²) in [5.74, 6) is 0.966. The summed E-state index contributed by atoms with van der Waals surface area (Å²) in [6, 6.07) is 8.27. The molecule has 0 aromatic heterocycles. The molecule has 2 heteroatoms. The van der Waals surface area contributed by atoms with Crippen LogP contribution in [0.2, 0.25) is 0 Å². The Morgan fingerprint density at radius 1 is 1.25 bits per heavy atom. The highest BCUT2D eigenvalue weighted by Crippen LogP contribution is 2.20. The highest BCUT2D eigenvalue weighted by atomic mass is 16.3. The van der Waals surface area contributed by atoms with E-state index in [-0.39, 0.29) is 6.04 Å². The summed E-state index contributed by atoms with van der Waals surface area (Å²) in [5, 5.41) is 13.0. The van der Waals surface area contributed by atoms with Crippen LogP contribution in [0.3, 0.4) is 0 Å². The maximum Gasteiger partial charge on any atom is 0.115 e. The fourth-order valence-electron chi connectivity index (χ4n) is 1.99. The molecule has 0 radical (unpaired) electrons. The molecule has 2 nitrogen and oxygen atoms in total. The first-order chi connectivity index (χ1) is 7.54. The minimum Gasteiger partial charge on any atom is -0.508 e. The number of rotatable bonds is 5. The first kappa shape index (κ1) is 13.0. The van der Waals surface area contributed by atoms with E-state index >= 15 is 0 Å². The lowest BCUT2D eigenvalue weighted by atomic mass is 9.99. The van der Waals surface area contributed by atoms with Gasteiger partial charge in [0.2, 0.25) is 0 Å². The van der Waals surface area contributed by atoms with Crippen molar-refractivity contribution in [2.75, 3.05) is 0 Å². The van der Waals surface area contributed by atoms with Crippen LogP contribution >= 0.6 is 0 Å². The molecule has 16 heavy (non-hydrogen) atoms. The van der Waals surface area contributed by atoms with E-state index in [1.54, 1.807) is 6.07 Å². The van der Waals surface area contributed by atoms with Crippen molar-refractivity contribution in [1.29, 1.82) is 0 Å². The fraction of sp³-hybridized carbons (Fsp3) is 0.571. The SMILES string of the molecule is CCC(NC(C)c1cccc(O)c1)C(C)C. The van der Waals surface area contributed by atoms with Crippen LogP contribution in [0, 0.1) is 5.92 Å². The van der Waals surface area contributed by atoms with Gasteiger partial charge < -0.3 is 10.4 Å². The van der Waals surface area contributed by atoms with Gasteiger partial charge in [-0.3, -0.25) is 0 Å². The molecule has 1 aromatic rings. The standard InChI is InChI=1S/C14H23NO/c1-5-14(10(2)3)15-11(4)12-7-6-8-13(16)9-12/h6-11,14-16H,5H2,1-4H3. The van der Waals surface area contributed by atoms with E-state index in [0.717, 1.165) is 12.0 Å². The van der Waals surface area contributed by atoms with Crippen molar-refractivity contribution in [2.45, 2.75) is 46.2 Å². The van der Waals surface area contributed by atoms with E-state index in [1.807, 2.05) is 18.2 Å². The Morgan fingerprint density at radius 3 is 2.44 bits per heavy atom. The molecule has 0 spiro atoms. The Balaban J connectivity index is 2.67. The predicted octanol–water partition coefficient (Wildman–Crippen LogP) is 3.48. The van der Waals surface area contributed by atoms with E-state index in [4.69, 9.17) is 0 Å². The maximum atomic E-state index is 9.43. The van der Waals surface area contributed by atoms with Crippen molar-refractivity contribution >= 4 is 0 Å². The maximum absolute atomic E-state index is 9.43. The molecule has 0 aliphatic heterocycles. The summed E-state index contributed by atoms with van der Waals surface area (Å²) in [5.41, 5.74) is 1.14. The van der Waals surface area contributed by atoms with Crippen molar-refractivity contribution in [3.05, 3.63) is 29.8 Å². The van der Waals surface area contributed by atoms with E-state index in [9.17, 15) is 5.11 Å². The molecule has 0 bridgehead atoms. The van der Waals surface area contributed by atoms with Gasteiger partial charge in [0.05, 0.1) is 0 Å². The summed E-state index contributed by atoms with van der Waals surface area (Å²) < 4.78 is 0. The van der Waals surface area contributed by atoms with Crippen molar-refractivity contribution < 1.29 is 5.11 Å². The third-order valence-corrected chi connectivity index (χ3v) is 3.08. The first-order valence-corrected chi connectivity index (χ1v) is 6.09. The van der Waals surface area contributed by atoms with Gasteiger partial charge in [-0.05, 0) is 37.0 Å². The lowest BCUT2D eigenvalue weighted by molar-refractivity contribution is 0.355. The summed E-state index contributed by atoms with van der Waals surface area (Å²) in [6.45, 7) is 8.80. The van der Waals surface area contributed by atoms with Gasteiger partial charge in [0.15, 0.2) is 0 Å². The molecule has 0 fully saturated rings. The van der Waals surface area contributed by atoms with Crippen LogP contribution in [-0.2, 0) is 0 Å². The number of phenolic OH excluding ortho intramolecular Hbond substituents is 1. The second-order valence-electron chi connectivity index (χ2n) is 4.74. The summed E-state index contributed by atoms with van der Waals surface area (Å²) in [6.07, 6.45) is 1.13. The molecule has 0 heterocycles. The average molecular weight is 221 g/mol. The number of hydrogen-bond donors (Lipinski definition) is 2. The molecule has 0 saturated carbocycles. The third kappa shape index (κ3) is 3.53. The molecule has 1 rings (SSSR count). The lowest BCUT2D eigenvalue weighted by Crippen LogP contribution is -2.35. The van der Waals surface area contributed by atoms with Gasteiger partial charge in [0.25, 0.3) is 0 Å². The summed E-state index contributed by atoms with van der Waals surface area (Å²) in [4.78, 5) is 0. The molecule has 2 atom stereocenters. The zero-order valence-corrected chi connectivity index (χ0v) is 10.7. The molecular formula is C14H23NO. The number of aromatic hydroxyl groups is 1. The van der Waals surface area contributed by atoms with Crippen LogP contribution in [0.25, 0.3) is 0 Å². The van der Waals surface area contributed by atoms with Gasteiger partial charge in [-0.15, -0.1) is 0 Å². The minimum atomic E-state index is 0.277. The Kier molecular flexibility index (Phi) is 4.81. The van der Waals surface area contributed by atoms with Gasteiger partial charge in [0.1, 0.15) is 5.75 Å². The van der Waals surface area contributed by atoms with Crippen molar-refractivity contribution in [1.82, 2.24) is 5.32 Å². The molecule has 2 N–H and O–H groups in total. The second-order valence-corrected chi connectivity index (χ2v) is 4.74. The normalized spacial score (nSPS) is 15.1. The Bertz CT molecular complexity index is 322. The highest BCUT2D eigenvalue weighted by Gasteiger charge is 2.14. The van der Waals surface area contributed by atoms with Crippen molar-refractivity contribution in [2.24, 2.45) is 5.92 Å². The van der Waals surface area contributed by atoms with Crippen molar-refractivity contribution in [3.63, 3.8) is 0 Å². The van der Waals surface area contributed by atoms with Crippen LogP contribution in [0.5, 0.6) is 5.75 Å². The third-order valence-electron chi connectivity index (χ3n) is 3.08. The van der Waals surface area contributed by atoms with Crippen LogP contribution in [0.4, 0.5) is 0 Å². The zero-order valence-electron chi connectivity index (χ0n) is 10.7. The van der Waals surface area contributed by atoms with Crippen LogP contribution in [-0.4, -0.2) is 11.1 Å². The van der Waals surface area contributed by atoms with E-state index < -0.39 is 0 Å². The number of phenols is 1. The monoisotopic (exact) mass is 221 g/mol. The Labute approximate surface area is 98.7 Å². The number of nitrogens with one attached hydrogen (secondary N) is 1. The second kappa shape index (κ2) is 5.90.